The van der Waals surface area contributed by atoms with E-state index in [-0.39, 0.29) is 0 Å². The lowest BCUT2D eigenvalue weighted by Crippen LogP contribution is -2.47. The molecule has 1 saturated heterocycles. The first-order valence-corrected chi connectivity index (χ1v) is 8.64. The van der Waals surface area contributed by atoms with E-state index in [1.807, 2.05) is 6.33 Å². The zero-order chi connectivity index (χ0) is 15.8. The fraction of sp³-hybridized carbons (Fsp3) is 0.812. The van der Waals surface area contributed by atoms with E-state index in [0.717, 1.165) is 63.3 Å². The quantitative estimate of drug-likeness (QED) is 0.644. The Balaban J connectivity index is 1.89. The van der Waals surface area contributed by atoms with Gasteiger partial charge in [-0.3, -0.25) is 4.99 Å². The number of guanidine groups is 1. The third-order valence-electron chi connectivity index (χ3n) is 4.09. The topological polar surface area (TPSA) is 58.3 Å². The summed E-state index contributed by atoms with van der Waals surface area (Å²) in [7, 11) is 0. The molecule has 0 aliphatic carbocycles. The van der Waals surface area contributed by atoms with Crippen LogP contribution < -0.4 is 5.32 Å². The van der Waals surface area contributed by atoms with Crippen LogP contribution >= 0.6 is 0 Å². The van der Waals surface area contributed by atoms with Gasteiger partial charge < -0.3 is 14.8 Å². The second-order valence-corrected chi connectivity index (χ2v) is 6.12. The van der Waals surface area contributed by atoms with Crippen molar-refractivity contribution in [3.63, 3.8) is 0 Å². The summed E-state index contributed by atoms with van der Waals surface area (Å²) in [5.74, 6) is 2.87. The van der Waals surface area contributed by atoms with E-state index in [9.17, 15) is 0 Å². The second-order valence-electron chi connectivity index (χ2n) is 6.12. The number of piperidine rings is 1. The first kappa shape index (κ1) is 16.8. The zero-order valence-electron chi connectivity index (χ0n) is 14.3. The fourth-order valence-corrected chi connectivity index (χ4v) is 2.89. The number of aliphatic imine (C=N–C) groups is 1. The maximum Gasteiger partial charge on any atom is 0.193 e. The van der Waals surface area contributed by atoms with Crippen LogP contribution in [0.15, 0.2) is 11.3 Å². The Morgan fingerprint density at radius 1 is 1.45 bits per heavy atom. The van der Waals surface area contributed by atoms with Crippen LogP contribution in [-0.2, 0) is 13.0 Å². The lowest BCUT2D eigenvalue weighted by molar-refractivity contribution is 0.265. The molecule has 124 valence electrons. The Hall–Kier alpha value is -1.59. The van der Waals surface area contributed by atoms with Crippen molar-refractivity contribution in [3.05, 3.63) is 12.2 Å². The van der Waals surface area contributed by atoms with Gasteiger partial charge in [-0.1, -0.05) is 20.8 Å². The van der Waals surface area contributed by atoms with Crippen LogP contribution in [0.25, 0.3) is 0 Å². The average Bonchev–Trinajstić information content (AvgIpc) is 2.98. The molecule has 6 heteroatoms. The number of hydrogen-bond acceptors (Lipinski definition) is 3. The average molecular weight is 306 g/mol. The summed E-state index contributed by atoms with van der Waals surface area (Å²) in [4.78, 5) is 7.17. The maximum atomic E-state index is 4.75. The standard InChI is InChI=1S/C16H30N6/c1-4-8-17-16(21-10-6-7-14(3)12-21)18-9-11-22-13-19-20-15(22)5-2/h13-14H,4-12H2,1-3H3,(H,17,18). The van der Waals surface area contributed by atoms with Crippen LogP contribution in [0.5, 0.6) is 0 Å². The summed E-state index contributed by atoms with van der Waals surface area (Å²) < 4.78 is 2.11. The highest BCUT2D eigenvalue weighted by atomic mass is 15.3. The molecule has 6 nitrogen and oxygen atoms in total. The van der Waals surface area contributed by atoms with Crippen molar-refractivity contribution in [2.75, 3.05) is 26.2 Å². The van der Waals surface area contributed by atoms with Gasteiger partial charge in [0.15, 0.2) is 5.96 Å². The van der Waals surface area contributed by atoms with Crippen molar-refractivity contribution in [1.82, 2.24) is 25.0 Å². The maximum absolute atomic E-state index is 4.75. The van der Waals surface area contributed by atoms with Crippen LogP contribution in [0, 0.1) is 5.92 Å². The largest absolute Gasteiger partial charge is 0.354 e. The summed E-state index contributed by atoms with van der Waals surface area (Å²) in [6, 6.07) is 0. The number of likely N-dealkylation sites (tertiary alicyclic amines) is 1. The molecule has 2 rings (SSSR count). The van der Waals surface area contributed by atoms with Gasteiger partial charge in [-0.25, -0.2) is 0 Å². The Kier molecular flexibility index (Phi) is 6.68. The van der Waals surface area contributed by atoms with Gasteiger partial charge in [0.25, 0.3) is 0 Å². The molecule has 1 aliphatic heterocycles. The van der Waals surface area contributed by atoms with E-state index in [1.165, 1.54) is 12.8 Å². The van der Waals surface area contributed by atoms with E-state index >= 15 is 0 Å². The van der Waals surface area contributed by atoms with Crippen LogP contribution in [0.3, 0.4) is 0 Å². The number of hydrogen-bond donors (Lipinski definition) is 1. The van der Waals surface area contributed by atoms with Crippen LogP contribution in [0.2, 0.25) is 0 Å². The fourth-order valence-electron chi connectivity index (χ4n) is 2.89. The molecule has 0 aromatic carbocycles. The van der Waals surface area contributed by atoms with Gasteiger partial charge in [-0.05, 0) is 25.2 Å². The molecule has 1 aliphatic rings. The number of nitrogens with one attached hydrogen (secondary N) is 1. The monoisotopic (exact) mass is 306 g/mol. The lowest BCUT2D eigenvalue weighted by atomic mass is 10.0. The highest BCUT2D eigenvalue weighted by molar-refractivity contribution is 5.80. The number of rotatable bonds is 6. The van der Waals surface area contributed by atoms with Gasteiger partial charge in [0.2, 0.25) is 0 Å². The molecular formula is C16H30N6. The Morgan fingerprint density at radius 2 is 2.32 bits per heavy atom. The first-order valence-electron chi connectivity index (χ1n) is 8.64. The Bertz CT molecular complexity index is 467. The molecule has 1 aromatic heterocycles. The molecule has 1 aromatic rings. The minimum Gasteiger partial charge on any atom is -0.354 e. The van der Waals surface area contributed by atoms with Crippen molar-refractivity contribution in [1.29, 1.82) is 0 Å². The minimum atomic E-state index is 0.756. The molecule has 0 saturated carbocycles. The van der Waals surface area contributed by atoms with Gasteiger partial charge in [-0.15, -0.1) is 10.2 Å². The lowest BCUT2D eigenvalue weighted by Gasteiger charge is -2.33. The number of aryl methyl sites for hydroxylation is 1. The van der Waals surface area contributed by atoms with Gasteiger partial charge in [0, 0.05) is 39.1 Å². The highest BCUT2D eigenvalue weighted by Gasteiger charge is 2.19. The summed E-state index contributed by atoms with van der Waals surface area (Å²) in [6.45, 7) is 11.5. The Labute approximate surface area is 134 Å². The molecule has 0 bridgehead atoms. The smallest absolute Gasteiger partial charge is 0.193 e. The number of nitrogens with zero attached hydrogens (tertiary/aromatic N) is 5. The van der Waals surface area contributed by atoms with E-state index in [1.54, 1.807) is 0 Å². The molecule has 0 radical (unpaired) electrons. The van der Waals surface area contributed by atoms with Crippen LogP contribution in [0.1, 0.15) is 45.9 Å². The van der Waals surface area contributed by atoms with E-state index in [2.05, 4.69) is 45.8 Å². The number of aromatic nitrogens is 3. The summed E-state index contributed by atoms with van der Waals surface area (Å²) in [5.41, 5.74) is 0. The highest BCUT2D eigenvalue weighted by Crippen LogP contribution is 2.15. The molecule has 0 spiro atoms. The predicted octanol–water partition coefficient (Wildman–Crippen LogP) is 1.93. The van der Waals surface area contributed by atoms with E-state index in [4.69, 9.17) is 4.99 Å². The normalized spacial score (nSPS) is 19.5. The summed E-state index contributed by atoms with van der Waals surface area (Å²) in [5, 5.41) is 11.6. The predicted molar refractivity (Wildman–Crippen MR) is 90.0 cm³/mol. The van der Waals surface area contributed by atoms with Crippen molar-refractivity contribution >= 4 is 5.96 Å². The second kappa shape index (κ2) is 8.76. The van der Waals surface area contributed by atoms with Crippen LogP contribution in [-0.4, -0.2) is 51.8 Å². The van der Waals surface area contributed by atoms with Crippen molar-refractivity contribution in [3.8, 4) is 0 Å². The van der Waals surface area contributed by atoms with E-state index in [0.29, 0.717) is 0 Å². The molecule has 1 atom stereocenters. The van der Waals surface area contributed by atoms with Gasteiger partial charge >= 0.3 is 0 Å². The molecule has 1 unspecified atom stereocenters. The molecule has 22 heavy (non-hydrogen) atoms. The summed E-state index contributed by atoms with van der Waals surface area (Å²) in [6.07, 6.45) is 6.41. The van der Waals surface area contributed by atoms with Gasteiger partial charge in [0.05, 0.1) is 0 Å². The van der Waals surface area contributed by atoms with Gasteiger partial charge in [0.1, 0.15) is 12.2 Å². The summed E-state index contributed by atoms with van der Waals surface area (Å²) >= 11 is 0. The van der Waals surface area contributed by atoms with Crippen molar-refractivity contribution in [2.45, 2.75) is 53.0 Å². The van der Waals surface area contributed by atoms with Crippen LogP contribution in [0.4, 0.5) is 0 Å². The molecule has 1 N–H and O–H groups in total. The molecule has 0 amide bonds. The Morgan fingerprint density at radius 3 is 3.05 bits per heavy atom. The SMILES string of the molecule is CCCN=C(NCCn1cnnc1CC)N1CCCC(C)C1. The first-order chi connectivity index (χ1) is 10.7. The zero-order valence-corrected chi connectivity index (χ0v) is 14.3. The van der Waals surface area contributed by atoms with Crippen molar-refractivity contribution in [2.24, 2.45) is 10.9 Å². The van der Waals surface area contributed by atoms with Crippen molar-refractivity contribution < 1.29 is 0 Å². The minimum absolute atomic E-state index is 0.756. The molecule has 1 fully saturated rings. The van der Waals surface area contributed by atoms with Gasteiger partial charge in [-0.2, -0.15) is 0 Å². The molecular weight excluding hydrogens is 276 g/mol. The van der Waals surface area contributed by atoms with E-state index < -0.39 is 0 Å². The molecule has 2 heterocycles. The third kappa shape index (κ3) is 4.71. The third-order valence-corrected chi connectivity index (χ3v) is 4.09.